The molecule has 4 aromatic rings. The lowest BCUT2D eigenvalue weighted by molar-refractivity contribution is 0.0659. The van der Waals surface area contributed by atoms with Crippen LogP contribution in [0, 0.1) is 13.8 Å². The molecule has 0 radical (unpaired) electrons. The van der Waals surface area contributed by atoms with Gasteiger partial charge in [-0.1, -0.05) is 47.5 Å². The number of fused-ring (bicyclic) bond motifs is 1. The van der Waals surface area contributed by atoms with E-state index in [4.69, 9.17) is 4.98 Å². The Morgan fingerprint density at radius 2 is 1.78 bits per heavy atom. The number of rotatable bonds is 3. The van der Waals surface area contributed by atoms with E-state index in [1.807, 2.05) is 43.3 Å². The van der Waals surface area contributed by atoms with Crippen LogP contribution in [0.1, 0.15) is 45.7 Å². The zero-order valence-electron chi connectivity index (χ0n) is 18.9. The summed E-state index contributed by atoms with van der Waals surface area (Å²) in [6.07, 6.45) is 3.72. The molecule has 2 aromatic carbocycles. The number of carbonyl (C=O) groups excluding carboxylic acids is 1. The van der Waals surface area contributed by atoms with Crippen LogP contribution in [-0.4, -0.2) is 38.7 Å². The minimum atomic E-state index is -0.330. The van der Waals surface area contributed by atoms with Crippen molar-refractivity contribution >= 4 is 16.8 Å². The molecule has 0 unspecified atom stereocenters. The van der Waals surface area contributed by atoms with Gasteiger partial charge in [0.25, 0.3) is 5.91 Å². The molecule has 5 heteroatoms. The number of pyridine rings is 1. The fraction of sp³-hybridized carbons (Fsp3) is 0.296. The molecule has 1 amide bonds. The predicted octanol–water partition coefficient (Wildman–Crippen LogP) is 4.81. The molecular formula is C27H28N4O. The Hall–Kier alpha value is -3.47. The van der Waals surface area contributed by atoms with Crippen molar-refractivity contribution in [1.29, 1.82) is 0 Å². The summed E-state index contributed by atoms with van der Waals surface area (Å²) >= 11 is 0. The summed E-state index contributed by atoms with van der Waals surface area (Å²) in [6, 6.07) is 20.9. The molecule has 0 aliphatic carbocycles. The lowest BCUT2D eigenvalue weighted by Gasteiger charge is -2.43. The van der Waals surface area contributed by atoms with Gasteiger partial charge in [-0.25, -0.2) is 0 Å². The van der Waals surface area contributed by atoms with Gasteiger partial charge in [-0.3, -0.25) is 14.5 Å². The molecule has 2 aromatic heterocycles. The van der Waals surface area contributed by atoms with Crippen LogP contribution in [0.5, 0.6) is 0 Å². The van der Waals surface area contributed by atoms with E-state index in [2.05, 4.69) is 54.5 Å². The standard InChI is InChI=1S/C27H28N4O/c1-19-8-11-21(12-9-19)27(24-7-4-5-15-28-24)14-6-16-31(18-27)26(32)25-22-17-20(2)10-13-23(22)30(3)29-25/h4-5,7-13,15,17H,6,14,16,18H2,1-3H3/t27-/m0/s1. The van der Waals surface area contributed by atoms with Crippen molar-refractivity contribution in [2.45, 2.75) is 32.1 Å². The Labute approximate surface area is 188 Å². The zero-order chi connectivity index (χ0) is 22.3. The van der Waals surface area contributed by atoms with Crippen LogP contribution < -0.4 is 0 Å². The van der Waals surface area contributed by atoms with Gasteiger partial charge in [0.05, 0.1) is 16.6 Å². The highest BCUT2D eigenvalue weighted by atomic mass is 16.2. The van der Waals surface area contributed by atoms with Gasteiger partial charge in [0, 0.05) is 31.7 Å². The highest BCUT2D eigenvalue weighted by molar-refractivity contribution is 6.05. The Kier molecular flexibility index (Phi) is 5.04. The fourth-order valence-electron chi connectivity index (χ4n) is 5.03. The SMILES string of the molecule is Cc1ccc([C@]2(c3ccccn3)CCCN(C(=O)c3nn(C)c4ccc(C)cc34)C2)cc1. The van der Waals surface area contributed by atoms with Crippen LogP contribution in [0.25, 0.3) is 10.9 Å². The minimum Gasteiger partial charge on any atom is -0.336 e. The molecular weight excluding hydrogens is 396 g/mol. The van der Waals surface area contributed by atoms with Crippen LogP contribution in [0.15, 0.2) is 66.9 Å². The smallest absolute Gasteiger partial charge is 0.275 e. The first kappa shape index (κ1) is 20.4. The second kappa shape index (κ2) is 7.90. The second-order valence-electron chi connectivity index (χ2n) is 8.99. The van der Waals surface area contributed by atoms with Gasteiger partial charge in [0.1, 0.15) is 0 Å². The van der Waals surface area contributed by atoms with E-state index >= 15 is 0 Å². The third-order valence-electron chi connectivity index (χ3n) is 6.75. The van der Waals surface area contributed by atoms with Gasteiger partial charge < -0.3 is 4.90 Å². The van der Waals surface area contributed by atoms with Crippen LogP contribution in [0.3, 0.4) is 0 Å². The van der Waals surface area contributed by atoms with E-state index in [1.54, 1.807) is 4.68 Å². The van der Waals surface area contributed by atoms with Crippen LogP contribution in [0.4, 0.5) is 0 Å². The molecule has 0 saturated carbocycles. The van der Waals surface area contributed by atoms with Crippen molar-refractivity contribution in [3.8, 4) is 0 Å². The van der Waals surface area contributed by atoms with Crippen molar-refractivity contribution < 1.29 is 4.79 Å². The lowest BCUT2D eigenvalue weighted by atomic mass is 9.71. The second-order valence-corrected chi connectivity index (χ2v) is 8.99. The van der Waals surface area contributed by atoms with Gasteiger partial charge in [0.2, 0.25) is 0 Å². The largest absolute Gasteiger partial charge is 0.336 e. The molecule has 5 nitrogen and oxygen atoms in total. The monoisotopic (exact) mass is 424 g/mol. The molecule has 3 heterocycles. The first-order valence-corrected chi connectivity index (χ1v) is 11.2. The Bertz CT molecular complexity index is 1280. The Morgan fingerprint density at radius 1 is 1.00 bits per heavy atom. The molecule has 0 N–H and O–H groups in total. The predicted molar refractivity (Wildman–Crippen MR) is 127 cm³/mol. The molecule has 1 fully saturated rings. The van der Waals surface area contributed by atoms with Gasteiger partial charge in [0.15, 0.2) is 5.69 Å². The number of hydrogen-bond acceptors (Lipinski definition) is 3. The van der Waals surface area contributed by atoms with Gasteiger partial charge in [-0.05, 0) is 56.5 Å². The first-order chi connectivity index (χ1) is 15.5. The topological polar surface area (TPSA) is 51.0 Å². The van der Waals surface area contributed by atoms with Crippen LogP contribution >= 0.6 is 0 Å². The van der Waals surface area contributed by atoms with Gasteiger partial charge >= 0.3 is 0 Å². The number of hydrogen-bond donors (Lipinski definition) is 0. The van der Waals surface area contributed by atoms with Crippen molar-refractivity contribution in [3.05, 3.63) is 94.9 Å². The fourth-order valence-corrected chi connectivity index (χ4v) is 5.03. The molecule has 1 atom stereocenters. The number of piperidine rings is 1. The summed E-state index contributed by atoms with van der Waals surface area (Å²) in [4.78, 5) is 20.5. The molecule has 0 spiro atoms. The van der Waals surface area contributed by atoms with Crippen molar-refractivity contribution in [2.24, 2.45) is 7.05 Å². The van der Waals surface area contributed by atoms with Gasteiger partial charge in [-0.15, -0.1) is 0 Å². The number of carbonyl (C=O) groups is 1. The maximum Gasteiger partial charge on any atom is 0.275 e. The summed E-state index contributed by atoms with van der Waals surface area (Å²) in [5.41, 5.74) is 5.76. The van der Waals surface area contributed by atoms with E-state index < -0.39 is 0 Å². The third kappa shape index (κ3) is 3.38. The molecule has 1 aliphatic heterocycles. The first-order valence-electron chi connectivity index (χ1n) is 11.2. The summed E-state index contributed by atoms with van der Waals surface area (Å²) in [5, 5.41) is 5.54. The molecule has 1 saturated heterocycles. The van der Waals surface area contributed by atoms with Crippen molar-refractivity contribution in [1.82, 2.24) is 19.7 Å². The van der Waals surface area contributed by atoms with E-state index in [9.17, 15) is 4.79 Å². The maximum atomic E-state index is 13.8. The minimum absolute atomic E-state index is 0.00619. The highest BCUT2D eigenvalue weighted by Crippen LogP contribution is 2.40. The number of amides is 1. The summed E-state index contributed by atoms with van der Waals surface area (Å²) in [5.74, 6) is -0.00619. The number of aromatic nitrogens is 3. The highest BCUT2D eigenvalue weighted by Gasteiger charge is 2.42. The van der Waals surface area contributed by atoms with E-state index in [0.717, 1.165) is 41.5 Å². The van der Waals surface area contributed by atoms with Crippen LogP contribution in [-0.2, 0) is 12.5 Å². The van der Waals surface area contributed by atoms with Crippen LogP contribution in [0.2, 0.25) is 0 Å². The van der Waals surface area contributed by atoms with E-state index in [-0.39, 0.29) is 11.3 Å². The molecule has 0 bridgehead atoms. The quantitative estimate of drug-likeness (QED) is 0.474. The summed E-state index contributed by atoms with van der Waals surface area (Å²) in [6.45, 7) is 5.46. The average molecular weight is 425 g/mol. The zero-order valence-corrected chi connectivity index (χ0v) is 18.9. The molecule has 32 heavy (non-hydrogen) atoms. The Morgan fingerprint density at radius 3 is 2.53 bits per heavy atom. The van der Waals surface area contributed by atoms with Gasteiger partial charge in [-0.2, -0.15) is 5.10 Å². The van der Waals surface area contributed by atoms with E-state index in [1.165, 1.54) is 11.1 Å². The van der Waals surface area contributed by atoms with Crippen molar-refractivity contribution in [3.63, 3.8) is 0 Å². The summed E-state index contributed by atoms with van der Waals surface area (Å²) < 4.78 is 1.80. The lowest BCUT2D eigenvalue weighted by Crippen LogP contribution is -2.49. The Balaban J connectivity index is 1.58. The normalized spacial score (nSPS) is 18.8. The maximum absolute atomic E-state index is 13.8. The molecule has 162 valence electrons. The van der Waals surface area contributed by atoms with Crippen molar-refractivity contribution in [2.75, 3.05) is 13.1 Å². The average Bonchev–Trinajstić information content (AvgIpc) is 3.15. The number of nitrogens with zero attached hydrogens (tertiary/aromatic N) is 4. The molecule has 1 aliphatic rings. The van der Waals surface area contributed by atoms with E-state index in [0.29, 0.717) is 12.2 Å². The number of aryl methyl sites for hydroxylation is 3. The third-order valence-corrected chi connectivity index (χ3v) is 6.75. The molecule has 5 rings (SSSR count). The summed E-state index contributed by atoms with van der Waals surface area (Å²) in [7, 11) is 1.90. The number of benzene rings is 2. The number of likely N-dealkylation sites (tertiary alicyclic amines) is 1.